The number of nitrogens with one attached hydrogen (secondary N) is 1. The van der Waals surface area contributed by atoms with Crippen LogP contribution in [-0.2, 0) is 10.9 Å². The predicted octanol–water partition coefficient (Wildman–Crippen LogP) is 3.22. The van der Waals surface area contributed by atoms with Crippen molar-refractivity contribution in [3.63, 3.8) is 0 Å². The Morgan fingerprint density at radius 1 is 1.12 bits per heavy atom. The second-order valence-corrected chi connectivity index (χ2v) is 6.39. The van der Waals surface area contributed by atoms with Crippen molar-refractivity contribution in [1.29, 1.82) is 0 Å². The molecule has 1 aromatic rings. The molecule has 0 aliphatic carbocycles. The van der Waals surface area contributed by atoms with E-state index < -0.39 is 17.6 Å². The molecule has 1 atom stereocenters. The number of halogens is 4. The van der Waals surface area contributed by atoms with E-state index in [-0.39, 0.29) is 17.5 Å². The molecule has 2 aliphatic heterocycles. The number of benzene rings is 1. The van der Waals surface area contributed by atoms with E-state index in [4.69, 9.17) is 4.74 Å². The van der Waals surface area contributed by atoms with Crippen LogP contribution < -0.4 is 5.32 Å². The second-order valence-electron chi connectivity index (χ2n) is 6.39. The van der Waals surface area contributed by atoms with E-state index in [0.717, 1.165) is 32.0 Å². The summed E-state index contributed by atoms with van der Waals surface area (Å²) in [7, 11) is 0. The first-order valence-corrected chi connectivity index (χ1v) is 8.36. The first-order chi connectivity index (χ1) is 11.5. The summed E-state index contributed by atoms with van der Waals surface area (Å²) in [6.07, 6.45) is -3.20. The Hall–Kier alpha value is -1.18. The summed E-state index contributed by atoms with van der Waals surface area (Å²) in [6, 6.07) is 3.30. The van der Waals surface area contributed by atoms with Crippen LogP contribution in [0.5, 0.6) is 0 Å². The summed E-state index contributed by atoms with van der Waals surface area (Å²) in [5, 5.41) is 3.23. The average molecular weight is 346 g/mol. The molecule has 3 nitrogen and oxygen atoms in total. The summed E-state index contributed by atoms with van der Waals surface area (Å²) >= 11 is 0. The van der Waals surface area contributed by atoms with Crippen molar-refractivity contribution < 1.29 is 22.3 Å². The molecular formula is C17H22F4N2O. The van der Waals surface area contributed by atoms with Crippen LogP contribution in [0.3, 0.4) is 0 Å². The molecule has 3 rings (SSSR count). The first-order valence-electron chi connectivity index (χ1n) is 8.36. The Balaban J connectivity index is 1.98. The van der Waals surface area contributed by atoms with Gasteiger partial charge in [-0.2, -0.15) is 13.2 Å². The second kappa shape index (κ2) is 7.37. The monoisotopic (exact) mass is 346 g/mol. The van der Waals surface area contributed by atoms with E-state index in [1.807, 2.05) is 0 Å². The van der Waals surface area contributed by atoms with E-state index in [1.54, 1.807) is 0 Å². The maximum Gasteiger partial charge on any atom is 0.419 e. The van der Waals surface area contributed by atoms with Crippen molar-refractivity contribution in [3.05, 3.63) is 35.1 Å². The van der Waals surface area contributed by atoms with Gasteiger partial charge in [-0.1, -0.05) is 12.1 Å². The zero-order chi connectivity index (χ0) is 17.2. The highest BCUT2D eigenvalue weighted by atomic mass is 19.4. The Morgan fingerprint density at radius 3 is 2.42 bits per heavy atom. The molecule has 1 N–H and O–H groups in total. The van der Waals surface area contributed by atoms with Gasteiger partial charge in [0.1, 0.15) is 5.82 Å². The van der Waals surface area contributed by atoms with E-state index in [0.29, 0.717) is 26.3 Å². The molecule has 0 amide bonds. The smallest absolute Gasteiger partial charge is 0.381 e. The largest absolute Gasteiger partial charge is 0.419 e. The lowest BCUT2D eigenvalue weighted by atomic mass is 9.84. The Kier molecular flexibility index (Phi) is 5.42. The molecule has 1 aromatic carbocycles. The van der Waals surface area contributed by atoms with Crippen molar-refractivity contribution in [2.75, 3.05) is 39.4 Å². The number of hydrogen-bond donors (Lipinski definition) is 1. The van der Waals surface area contributed by atoms with Crippen molar-refractivity contribution in [2.45, 2.75) is 25.1 Å². The van der Waals surface area contributed by atoms with Gasteiger partial charge in [-0.25, -0.2) is 4.39 Å². The molecule has 0 unspecified atom stereocenters. The summed E-state index contributed by atoms with van der Waals surface area (Å²) < 4.78 is 59.4. The maximum atomic E-state index is 14.7. The van der Waals surface area contributed by atoms with Gasteiger partial charge >= 0.3 is 6.18 Å². The molecule has 24 heavy (non-hydrogen) atoms. The van der Waals surface area contributed by atoms with Gasteiger partial charge in [0.05, 0.1) is 5.56 Å². The average Bonchev–Trinajstić information content (AvgIpc) is 2.58. The maximum absolute atomic E-state index is 14.7. The summed E-state index contributed by atoms with van der Waals surface area (Å²) in [5.41, 5.74) is -1.01. The lowest BCUT2D eigenvalue weighted by Crippen LogP contribution is -2.47. The zero-order valence-corrected chi connectivity index (χ0v) is 13.4. The van der Waals surface area contributed by atoms with Crippen LogP contribution in [0.2, 0.25) is 0 Å². The normalized spacial score (nSPS) is 22.5. The molecule has 2 saturated heterocycles. The number of piperazine rings is 1. The highest BCUT2D eigenvalue weighted by Crippen LogP contribution is 2.40. The van der Waals surface area contributed by atoms with Gasteiger partial charge in [0.25, 0.3) is 0 Å². The van der Waals surface area contributed by atoms with E-state index in [9.17, 15) is 17.6 Å². The molecule has 134 valence electrons. The topological polar surface area (TPSA) is 24.5 Å². The van der Waals surface area contributed by atoms with Gasteiger partial charge in [0, 0.05) is 51.0 Å². The Bertz CT molecular complexity index is 534. The Morgan fingerprint density at radius 2 is 1.79 bits per heavy atom. The van der Waals surface area contributed by atoms with Crippen LogP contribution in [0.25, 0.3) is 0 Å². The van der Waals surface area contributed by atoms with Crippen LogP contribution in [0, 0.1) is 11.7 Å². The zero-order valence-electron chi connectivity index (χ0n) is 13.4. The van der Waals surface area contributed by atoms with Crippen molar-refractivity contribution in [3.8, 4) is 0 Å². The highest BCUT2D eigenvalue weighted by molar-refractivity contribution is 5.31. The number of nitrogens with zero attached hydrogens (tertiary/aromatic N) is 1. The van der Waals surface area contributed by atoms with Crippen molar-refractivity contribution in [1.82, 2.24) is 10.2 Å². The molecule has 0 spiro atoms. The van der Waals surface area contributed by atoms with Gasteiger partial charge in [0.2, 0.25) is 0 Å². The van der Waals surface area contributed by atoms with Gasteiger partial charge in [0.15, 0.2) is 0 Å². The molecule has 0 radical (unpaired) electrons. The lowest BCUT2D eigenvalue weighted by molar-refractivity contribution is -0.140. The van der Waals surface area contributed by atoms with E-state index in [2.05, 4.69) is 10.2 Å². The van der Waals surface area contributed by atoms with Gasteiger partial charge in [-0.05, 0) is 24.8 Å². The molecule has 2 heterocycles. The predicted molar refractivity (Wildman–Crippen MR) is 82.1 cm³/mol. The lowest BCUT2D eigenvalue weighted by Gasteiger charge is -2.41. The fourth-order valence-electron chi connectivity index (χ4n) is 3.74. The van der Waals surface area contributed by atoms with E-state index >= 15 is 0 Å². The number of ether oxygens (including phenoxy) is 1. The SMILES string of the molecule is Fc1c([C@@H](C2CCOCC2)N2CCNCC2)cccc1C(F)(F)F. The molecule has 0 aromatic heterocycles. The minimum absolute atomic E-state index is 0.106. The van der Waals surface area contributed by atoms with Crippen LogP contribution >= 0.6 is 0 Å². The summed E-state index contributed by atoms with van der Waals surface area (Å²) in [5.74, 6) is -1.02. The van der Waals surface area contributed by atoms with Crippen LogP contribution in [0.1, 0.15) is 30.0 Å². The molecular weight excluding hydrogens is 324 g/mol. The minimum Gasteiger partial charge on any atom is -0.381 e. The van der Waals surface area contributed by atoms with Crippen molar-refractivity contribution >= 4 is 0 Å². The minimum atomic E-state index is -4.68. The molecule has 0 bridgehead atoms. The third-order valence-corrected chi connectivity index (χ3v) is 4.91. The number of hydrogen-bond acceptors (Lipinski definition) is 3. The molecule has 2 fully saturated rings. The van der Waals surface area contributed by atoms with Gasteiger partial charge < -0.3 is 10.1 Å². The first kappa shape index (κ1) is 17.6. The van der Waals surface area contributed by atoms with Gasteiger partial charge in [-0.15, -0.1) is 0 Å². The quantitative estimate of drug-likeness (QED) is 0.851. The molecule has 0 saturated carbocycles. The van der Waals surface area contributed by atoms with Crippen LogP contribution in [0.15, 0.2) is 18.2 Å². The number of alkyl halides is 3. The summed E-state index contributed by atoms with van der Waals surface area (Å²) in [6.45, 7) is 4.09. The fraction of sp³-hybridized carbons (Fsp3) is 0.647. The van der Waals surface area contributed by atoms with Gasteiger partial charge in [-0.3, -0.25) is 4.90 Å². The summed E-state index contributed by atoms with van der Waals surface area (Å²) in [4.78, 5) is 2.12. The number of rotatable bonds is 3. The van der Waals surface area contributed by atoms with Crippen LogP contribution in [-0.4, -0.2) is 44.3 Å². The molecule has 2 aliphatic rings. The molecule has 7 heteroatoms. The Labute approximate surface area is 139 Å². The fourth-order valence-corrected chi connectivity index (χ4v) is 3.74. The third kappa shape index (κ3) is 3.73. The van der Waals surface area contributed by atoms with Crippen molar-refractivity contribution in [2.24, 2.45) is 5.92 Å². The third-order valence-electron chi connectivity index (χ3n) is 4.91. The van der Waals surface area contributed by atoms with Crippen LogP contribution in [0.4, 0.5) is 17.6 Å². The standard InChI is InChI=1S/C17H22F4N2O/c18-15-13(2-1-3-14(15)17(19,20)21)16(12-4-10-24-11-5-12)23-8-6-22-7-9-23/h1-3,12,16,22H,4-11H2/t16-/m1/s1. The van der Waals surface area contributed by atoms with E-state index in [1.165, 1.54) is 12.1 Å². The highest BCUT2D eigenvalue weighted by Gasteiger charge is 2.38.